The van der Waals surface area contributed by atoms with Gasteiger partial charge in [-0.1, -0.05) is 48.0 Å². The third-order valence-electron chi connectivity index (χ3n) is 7.97. The van der Waals surface area contributed by atoms with Gasteiger partial charge in [0.05, 0.1) is 40.9 Å². The highest BCUT2D eigenvalue weighted by atomic mass is 35.5. The van der Waals surface area contributed by atoms with Crippen molar-refractivity contribution in [1.29, 1.82) is 0 Å². The summed E-state index contributed by atoms with van der Waals surface area (Å²) in [7, 11) is 1.52. The fourth-order valence-electron chi connectivity index (χ4n) is 5.69. The molecule has 5 aromatic rings. The highest BCUT2D eigenvalue weighted by Crippen LogP contribution is 2.36. The minimum atomic E-state index is -0.838. The number of halogens is 1. The SMILES string of the molecule is COc1cc(C)ccc1N(C(=O)Nc1ccccc1)C(C)c1nc2ccc(Cl)cc2c(=O)n1CCN1C(=O)c2ccccc2C1=O. The molecule has 0 radical (unpaired) electrons. The number of para-hydroxylation sites is 1. The third kappa shape index (κ3) is 5.59. The molecule has 4 aromatic carbocycles. The van der Waals surface area contributed by atoms with E-state index in [0.29, 0.717) is 38.8 Å². The van der Waals surface area contributed by atoms with E-state index in [1.807, 2.05) is 37.3 Å². The van der Waals surface area contributed by atoms with Crippen molar-refractivity contribution in [3.63, 3.8) is 0 Å². The number of nitrogens with one attached hydrogen (secondary N) is 1. The number of urea groups is 1. The van der Waals surface area contributed by atoms with Gasteiger partial charge in [-0.2, -0.15) is 0 Å². The summed E-state index contributed by atoms with van der Waals surface area (Å²) in [6, 6.07) is 24.5. The van der Waals surface area contributed by atoms with Gasteiger partial charge in [0.15, 0.2) is 0 Å². The van der Waals surface area contributed by atoms with Crippen LogP contribution in [0.25, 0.3) is 10.9 Å². The number of anilines is 2. The lowest BCUT2D eigenvalue weighted by Crippen LogP contribution is -2.42. The van der Waals surface area contributed by atoms with E-state index >= 15 is 0 Å². The second-order valence-corrected chi connectivity index (χ2v) is 11.3. The average molecular weight is 636 g/mol. The van der Waals surface area contributed by atoms with Crippen LogP contribution < -0.4 is 20.5 Å². The lowest BCUT2D eigenvalue weighted by molar-refractivity contribution is 0.0648. The fraction of sp³-hybridized carbons (Fsp3) is 0.171. The van der Waals surface area contributed by atoms with E-state index in [1.165, 1.54) is 22.6 Å². The van der Waals surface area contributed by atoms with E-state index in [9.17, 15) is 19.2 Å². The lowest BCUT2D eigenvalue weighted by atomic mass is 10.1. The van der Waals surface area contributed by atoms with Crippen LogP contribution >= 0.6 is 11.6 Å². The highest BCUT2D eigenvalue weighted by Gasteiger charge is 2.36. The molecule has 0 spiro atoms. The first-order valence-electron chi connectivity index (χ1n) is 14.6. The minimum Gasteiger partial charge on any atom is -0.495 e. The molecule has 232 valence electrons. The van der Waals surface area contributed by atoms with Gasteiger partial charge >= 0.3 is 6.03 Å². The molecule has 11 heteroatoms. The van der Waals surface area contributed by atoms with E-state index in [-0.39, 0.29) is 24.3 Å². The summed E-state index contributed by atoms with van der Waals surface area (Å²) in [5, 5.41) is 3.55. The summed E-state index contributed by atoms with van der Waals surface area (Å²) in [4.78, 5) is 62.0. The van der Waals surface area contributed by atoms with Crippen molar-refractivity contribution in [2.45, 2.75) is 26.4 Å². The second kappa shape index (κ2) is 12.5. The summed E-state index contributed by atoms with van der Waals surface area (Å²) >= 11 is 6.26. The Balaban J connectivity index is 1.46. The first kappa shape index (κ1) is 30.5. The fourth-order valence-corrected chi connectivity index (χ4v) is 5.86. The summed E-state index contributed by atoms with van der Waals surface area (Å²) in [6.07, 6.45) is 0. The number of nitrogens with zero attached hydrogens (tertiary/aromatic N) is 4. The lowest BCUT2D eigenvalue weighted by Gasteiger charge is -2.32. The number of aromatic nitrogens is 2. The van der Waals surface area contributed by atoms with Crippen LogP contribution in [0.4, 0.5) is 16.2 Å². The highest BCUT2D eigenvalue weighted by molar-refractivity contribution is 6.31. The zero-order chi connectivity index (χ0) is 32.5. The third-order valence-corrected chi connectivity index (χ3v) is 8.21. The Morgan fingerprint density at radius 1 is 0.913 bits per heavy atom. The largest absolute Gasteiger partial charge is 0.495 e. The molecule has 0 bridgehead atoms. The second-order valence-electron chi connectivity index (χ2n) is 10.9. The van der Waals surface area contributed by atoms with Crippen LogP contribution in [0.1, 0.15) is 45.1 Å². The Kier molecular flexibility index (Phi) is 8.29. The van der Waals surface area contributed by atoms with Gasteiger partial charge in [0.25, 0.3) is 17.4 Å². The van der Waals surface area contributed by atoms with Crippen LogP contribution in [0.5, 0.6) is 5.75 Å². The number of ether oxygens (including phenoxy) is 1. The maximum Gasteiger partial charge on any atom is 0.327 e. The summed E-state index contributed by atoms with van der Waals surface area (Å²) in [5.41, 5.74) is 2.53. The van der Waals surface area contributed by atoms with Crippen molar-refractivity contribution in [3.8, 4) is 5.75 Å². The molecule has 2 heterocycles. The van der Waals surface area contributed by atoms with Crippen molar-refractivity contribution >= 4 is 51.7 Å². The van der Waals surface area contributed by atoms with E-state index < -0.39 is 29.4 Å². The number of fused-ring (bicyclic) bond motifs is 2. The number of hydrogen-bond donors (Lipinski definition) is 1. The number of aryl methyl sites for hydroxylation is 1. The van der Waals surface area contributed by atoms with Gasteiger partial charge in [-0.15, -0.1) is 0 Å². The molecule has 0 saturated heterocycles. The first-order chi connectivity index (χ1) is 22.2. The molecule has 4 amide bonds. The number of carbonyl (C=O) groups excluding carboxylic acids is 3. The zero-order valence-electron chi connectivity index (χ0n) is 25.4. The zero-order valence-corrected chi connectivity index (χ0v) is 26.1. The molecule has 1 aliphatic rings. The number of methoxy groups -OCH3 is 1. The number of imide groups is 1. The van der Waals surface area contributed by atoms with E-state index in [1.54, 1.807) is 61.5 Å². The molecule has 1 N–H and O–H groups in total. The number of carbonyl (C=O) groups is 3. The van der Waals surface area contributed by atoms with Gasteiger partial charge in [0.2, 0.25) is 0 Å². The maximum absolute atomic E-state index is 14.1. The van der Waals surface area contributed by atoms with Crippen molar-refractivity contribution in [3.05, 3.63) is 129 Å². The Bertz CT molecular complexity index is 2030. The molecule has 0 aliphatic carbocycles. The maximum atomic E-state index is 14.1. The summed E-state index contributed by atoms with van der Waals surface area (Å²) < 4.78 is 7.09. The number of benzene rings is 4. The van der Waals surface area contributed by atoms with Gasteiger partial charge in [-0.05, 0) is 74.0 Å². The van der Waals surface area contributed by atoms with Crippen LogP contribution in [-0.2, 0) is 6.54 Å². The van der Waals surface area contributed by atoms with Gasteiger partial charge < -0.3 is 10.1 Å². The smallest absolute Gasteiger partial charge is 0.327 e. The Morgan fingerprint density at radius 3 is 2.26 bits per heavy atom. The molecular formula is C35H30ClN5O5. The van der Waals surface area contributed by atoms with Gasteiger partial charge in [-0.25, -0.2) is 9.78 Å². The molecule has 0 saturated carbocycles. The quantitative estimate of drug-likeness (QED) is 0.196. The number of hydrogen-bond acceptors (Lipinski definition) is 6. The average Bonchev–Trinajstić information content (AvgIpc) is 3.30. The molecule has 1 aromatic heterocycles. The molecule has 0 fully saturated rings. The Hall–Kier alpha value is -5.48. The number of amides is 4. The van der Waals surface area contributed by atoms with Crippen molar-refractivity contribution in [2.24, 2.45) is 0 Å². The van der Waals surface area contributed by atoms with Gasteiger partial charge in [-0.3, -0.25) is 28.8 Å². The van der Waals surface area contributed by atoms with Crippen LogP contribution in [0.3, 0.4) is 0 Å². The molecule has 10 nitrogen and oxygen atoms in total. The molecule has 46 heavy (non-hydrogen) atoms. The van der Waals surface area contributed by atoms with Crippen LogP contribution in [0, 0.1) is 6.92 Å². The standard InChI is InChI=1S/C35H30ClN5O5/c1-21-13-16-29(30(19-21)46-3)41(35(45)37-24-9-5-4-6-10-24)22(2)31-38-28-15-14-23(36)20-27(28)34(44)39(31)17-18-40-32(42)25-11-7-8-12-26(25)33(40)43/h4-16,19-20,22H,17-18H2,1-3H3,(H,37,45). The molecule has 6 rings (SSSR count). The van der Waals surface area contributed by atoms with Gasteiger partial charge in [0, 0.05) is 23.8 Å². The first-order valence-corrected chi connectivity index (χ1v) is 15.0. The predicted molar refractivity (Wildman–Crippen MR) is 177 cm³/mol. The molecule has 1 atom stereocenters. The van der Waals surface area contributed by atoms with E-state index in [4.69, 9.17) is 21.3 Å². The Morgan fingerprint density at radius 2 is 1.59 bits per heavy atom. The van der Waals surface area contributed by atoms with E-state index in [2.05, 4.69) is 5.32 Å². The van der Waals surface area contributed by atoms with Crippen LogP contribution in [0.15, 0.2) is 95.8 Å². The minimum absolute atomic E-state index is 0.0708. The monoisotopic (exact) mass is 635 g/mol. The normalized spacial score (nSPS) is 13.1. The van der Waals surface area contributed by atoms with Crippen molar-refractivity contribution < 1.29 is 19.1 Å². The Labute approximate surface area is 269 Å². The number of rotatable bonds is 8. The molecule has 1 aliphatic heterocycles. The van der Waals surface area contributed by atoms with Crippen LogP contribution in [-0.4, -0.2) is 46.0 Å². The predicted octanol–water partition coefficient (Wildman–Crippen LogP) is 6.46. The van der Waals surface area contributed by atoms with E-state index in [0.717, 1.165) is 10.5 Å². The van der Waals surface area contributed by atoms with Crippen molar-refractivity contribution in [2.75, 3.05) is 23.9 Å². The molecule has 1 unspecified atom stereocenters. The topological polar surface area (TPSA) is 114 Å². The summed E-state index contributed by atoms with van der Waals surface area (Å²) in [6.45, 7) is 3.51. The van der Waals surface area contributed by atoms with Crippen LogP contribution in [0.2, 0.25) is 5.02 Å². The summed E-state index contributed by atoms with van der Waals surface area (Å²) in [5.74, 6) is -0.188. The van der Waals surface area contributed by atoms with Crippen molar-refractivity contribution in [1.82, 2.24) is 14.5 Å². The molecular weight excluding hydrogens is 606 g/mol. The van der Waals surface area contributed by atoms with Gasteiger partial charge in [0.1, 0.15) is 11.6 Å².